The highest BCUT2D eigenvalue weighted by molar-refractivity contribution is 14.1. The van der Waals surface area contributed by atoms with Crippen molar-refractivity contribution in [3.8, 4) is 0 Å². The molecule has 2 N–H and O–H groups in total. The Balaban J connectivity index is 1.97. The van der Waals surface area contributed by atoms with Gasteiger partial charge in [0.05, 0.1) is 22.2 Å². The number of halogens is 7. The summed E-state index contributed by atoms with van der Waals surface area (Å²) in [4.78, 5) is 16.5. The Kier molecular flexibility index (Phi) is 6.83. The smallest absolute Gasteiger partial charge is 0.387 e. The number of hydrogen-bond donors (Lipinski definition) is 2. The molecule has 1 aliphatic rings. The van der Waals surface area contributed by atoms with Crippen molar-refractivity contribution in [3.05, 3.63) is 61.9 Å². The molecule has 168 valence electrons. The maximum atomic E-state index is 13.7. The number of benzene rings is 1. The molecule has 1 amide bonds. The van der Waals surface area contributed by atoms with Gasteiger partial charge in [0.2, 0.25) is 5.92 Å². The molecule has 1 saturated carbocycles. The number of aromatic nitrogens is 1. The van der Waals surface area contributed by atoms with Crippen LogP contribution in [0.25, 0.3) is 0 Å². The van der Waals surface area contributed by atoms with E-state index in [1.54, 1.807) is 24.3 Å². The summed E-state index contributed by atoms with van der Waals surface area (Å²) >= 11 is 7.81. The Morgan fingerprint density at radius 1 is 1.19 bits per heavy atom. The average Bonchev–Trinajstić information content (AvgIpc) is 2.67. The molecule has 1 fully saturated rings. The van der Waals surface area contributed by atoms with Crippen LogP contribution in [0, 0.1) is 3.57 Å². The van der Waals surface area contributed by atoms with E-state index in [4.69, 9.17) is 11.6 Å². The molecule has 3 rings (SSSR count). The third kappa shape index (κ3) is 5.46. The standard InChI is InChI=1S/C20H17ClF5IN2O2/c21-14-13(20(24,25)26)4-9-28-15(14)17(30)29-16(11-2-1-3-12(27)10-11)18(31)5-7-19(22,23)8-6-18/h1-4,9-10,16,31H,5-8H2,(H,29,30). The fraction of sp³-hybridized carbons (Fsp3) is 0.400. The molecule has 2 aromatic rings. The zero-order chi connectivity index (χ0) is 23.0. The highest BCUT2D eigenvalue weighted by Gasteiger charge is 2.48. The van der Waals surface area contributed by atoms with Crippen LogP contribution in [-0.2, 0) is 6.18 Å². The van der Waals surface area contributed by atoms with Gasteiger partial charge >= 0.3 is 6.18 Å². The molecule has 0 aliphatic heterocycles. The third-order valence-electron chi connectivity index (χ3n) is 5.25. The van der Waals surface area contributed by atoms with Gasteiger partial charge in [-0.15, -0.1) is 0 Å². The number of pyridine rings is 1. The molecule has 1 unspecified atom stereocenters. The Morgan fingerprint density at radius 2 is 1.84 bits per heavy atom. The maximum Gasteiger partial charge on any atom is 0.417 e. The normalized spacial score (nSPS) is 19.0. The van der Waals surface area contributed by atoms with Gasteiger partial charge in [0.25, 0.3) is 5.91 Å². The summed E-state index contributed by atoms with van der Waals surface area (Å²) < 4.78 is 67.5. The molecule has 1 aromatic carbocycles. The van der Waals surface area contributed by atoms with E-state index in [-0.39, 0.29) is 12.8 Å². The highest BCUT2D eigenvalue weighted by Crippen LogP contribution is 2.44. The van der Waals surface area contributed by atoms with Gasteiger partial charge in [0.15, 0.2) is 0 Å². The number of aliphatic hydroxyl groups is 1. The highest BCUT2D eigenvalue weighted by atomic mass is 127. The Bertz CT molecular complexity index is 976. The quantitative estimate of drug-likeness (QED) is 0.360. The summed E-state index contributed by atoms with van der Waals surface area (Å²) in [5, 5.41) is 12.8. The van der Waals surface area contributed by atoms with E-state index in [0.717, 1.165) is 9.77 Å². The fourth-order valence-corrected chi connectivity index (χ4v) is 4.44. The first-order valence-electron chi connectivity index (χ1n) is 9.21. The monoisotopic (exact) mass is 574 g/mol. The summed E-state index contributed by atoms with van der Waals surface area (Å²) in [5.74, 6) is -3.98. The number of rotatable bonds is 4. The first kappa shape index (κ1) is 24.1. The molecule has 0 spiro atoms. The minimum absolute atomic E-state index is 0.305. The minimum atomic E-state index is -4.79. The van der Waals surface area contributed by atoms with Gasteiger partial charge in [-0.2, -0.15) is 13.2 Å². The molecular formula is C20H17ClF5IN2O2. The number of nitrogens with one attached hydrogen (secondary N) is 1. The third-order valence-corrected chi connectivity index (χ3v) is 6.31. The lowest BCUT2D eigenvalue weighted by Crippen LogP contribution is -2.50. The van der Waals surface area contributed by atoms with Crippen molar-refractivity contribution in [3.63, 3.8) is 0 Å². The maximum absolute atomic E-state index is 13.7. The van der Waals surface area contributed by atoms with E-state index in [9.17, 15) is 31.9 Å². The van der Waals surface area contributed by atoms with E-state index >= 15 is 0 Å². The lowest BCUT2D eigenvalue weighted by Gasteiger charge is -2.42. The number of nitrogens with zero attached hydrogens (tertiary/aromatic N) is 1. The first-order valence-corrected chi connectivity index (χ1v) is 10.7. The number of alkyl halides is 5. The van der Waals surface area contributed by atoms with Gasteiger partial charge in [-0.1, -0.05) is 23.7 Å². The fourth-order valence-electron chi connectivity index (χ4n) is 3.57. The molecule has 11 heteroatoms. The van der Waals surface area contributed by atoms with Crippen LogP contribution < -0.4 is 5.32 Å². The van der Waals surface area contributed by atoms with Crippen LogP contribution in [-0.4, -0.2) is 27.5 Å². The lowest BCUT2D eigenvalue weighted by molar-refractivity contribution is -0.137. The second-order valence-electron chi connectivity index (χ2n) is 7.44. The van der Waals surface area contributed by atoms with Gasteiger partial charge in [0, 0.05) is 22.6 Å². The summed E-state index contributed by atoms with van der Waals surface area (Å²) in [5.41, 5.74) is -3.19. The Morgan fingerprint density at radius 3 is 2.42 bits per heavy atom. The second kappa shape index (κ2) is 8.78. The van der Waals surface area contributed by atoms with Crippen LogP contribution in [0.5, 0.6) is 0 Å². The van der Waals surface area contributed by atoms with Crippen LogP contribution >= 0.6 is 34.2 Å². The number of carbonyl (C=O) groups is 1. The van der Waals surface area contributed by atoms with Gasteiger partial charge in [0.1, 0.15) is 5.69 Å². The van der Waals surface area contributed by atoms with Crippen molar-refractivity contribution in [1.82, 2.24) is 10.3 Å². The van der Waals surface area contributed by atoms with E-state index < -0.39 is 58.8 Å². The molecule has 1 aliphatic carbocycles. The van der Waals surface area contributed by atoms with Gasteiger partial charge < -0.3 is 10.4 Å². The first-order chi connectivity index (χ1) is 14.3. The molecule has 31 heavy (non-hydrogen) atoms. The van der Waals surface area contributed by atoms with Crippen molar-refractivity contribution in [2.24, 2.45) is 0 Å². The van der Waals surface area contributed by atoms with Crippen LogP contribution in [0.1, 0.15) is 53.3 Å². The van der Waals surface area contributed by atoms with Crippen LogP contribution in [0.4, 0.5) is 22.0 Å². The zero-order valence-electron chi connectivity index (χ0n) is 15.8. The lowest BCUT2D eigenvalue weighted by atomic mass is 9.75. The molecule has 1 aromatic heterocycles. The van der Waals surface area contributed by atoms with Gasteiger partial charge in [-0.25, -0.2) is 13.8 Å². The molecule has 1 heterocycles. The van der Waals surface area contributed by atoms with Crippen LogP contribution in [0.3, 0.4) is 0 Å². The Labute approximate surface area is 193 Å². The second-order valence-corrected chi connectivity index (χ2v) is 9.06. The number of carbonyl (C=O) groups excluding carboxylic acids is 1. The molecule has 4 nitrogen and oxygen atoms in total. The van der Waals surface area contributed by atoms with Crippen molar-refractivity contribution in [1.29, 1.82) is 0 Å². The summed E-state index contributed by atoms with van der Waals surface area (Å²) in [6.45, 7) is 0. The largest absolute Gasteiger partial charge is 0.417 e. The number of amides is 1. The molecular weight excluding hydrogens is 558 g/mol. The summed E-state index contributed by atoms with van der Waals surface area (Å²) in [6.07, 6.45) is -5.76. The van der Waals surface area contributed by atoms with Gasteiger partial charge in [-0.3, -0.25) is 4.79 Å². The predicted molar refractivity (Wildman–Crippen MR) is 112 cm³/mol. The van der Waals surface area contributed by atoms with Crippen molar-refractivity contribution in [2.45, 2.75) is 49.4 Å². The van der Waals surface area contributed by atoms with Crippen LogP contribution in [0.15, 0.2) is 36.5 Å². The van der Waals surface area contributed by atoms with Crippen molar-refractivity contribution in [2.75, 3.05) is 0 Å². The Hall–Kier alpha value is -1.53. The van der Waals surface area contributed by atoms with E-state index in [2.05, 4.69) is 10.3 Å². The molecule has 0 radical (unpaired) electrons. The van der Waals surface area contributed by atoms with Gasteiger partial charge in [-0.05, 0) is 59.2 Å². The zero-order valence-corrected chi connectivity index (χ0v) is 18.7. The SMILES string of the molecule is O=C(NC(c1cccc(I)c1)C1(O)CCC(F)(F)CC1)c1nccc(C(F)(F)F)c1Cl. The number of hydrogen-bond acceptors (Lipinski definition) is 3. The molecule has 0 bridgehead atoms. The van der Waals surface area contributed by atoms with Crippen molar-refractivity contribution < 1.29 is 31.9 Å². The molecule has 0 saturated heterocycles. The van der Waals surface area contributed by atoms with Crippen LogP contribution in [0.2, 0.25) is 5.02 Å². The average molecular weight is 575 g/mol. The molecule has 1 atom stereocenters. The topological polar surface area (TPSA) is 62.2 Å². The van der Waals surface area contributed by atoms with E-state index in [0.29, 0.717) is 11.6 Å². The predicted octanol–water partition coefficient (Wildman–Crippen LogP) is 5.77. The summed E-state index contributed by atoms with van der Waals surface area (Å²) in [7, 11) is 0. The van der Waals surface area contributed by atoms with E-state index in [1.807, 2.05) is 22.6 Å². The van der Waals surface area contributed by atoms with Crippen molar-refractivity contribution >= 4 is 40.1 Å². The van der Waals surface area contributed by atoms with E-state index in [1.165, 1.54) is 0 Å². The minimum Gasteiger partial charge on any atom is -0.387 e. The summed E-state index contributed by atoms with van der Waals surface area (Å²) in [6, 6.07) is 6.15.